The van der Waals surface area contributed by atoms with Crippen molar-refractivity contribution in [2.45, 2.75) is 49.9 Å². The van der Waals surface area contributed by atoms with Crippen LogP contribution < -0.4 is 16.0 Å². The number of hydrogen-bond acceptors (Lipinski definition) is 10. The Morgan fingerprint density at radius 3 is 2.37 bits per heavy atom. The Labute approximate surface area is 220 Å². The summed E-state index contributed by atoms with van der Waals surface area (Å²) in [6.07, 6.45) is 2.50. The Hall–Kier alpha value is -3.41. The molecule has 1 amide bonds. The Bertz CT molecular complexity index is 1330. The number of phenols is 1. The SMILES string of the molecule is CN(C)c1c(CNC2CC2)cc(O)c2c1C[C@H]1C[C@H]3[C@H](N(C)C)C(O)=C(C(N)=O)C(=O)[C@@]3(O)C(O)=C1C2=O. The Balaban J connectivity index is 1.68. The Morgan fingerprint density at radius 1 is 1.16 bits per heavy atom. The monoisotopic (exact) mass is 526 g/mol. The van der Waals surface area contributed by atoms with E-state index in [4.69, 9.17) is 5.73 Å². The molecule has 11 nitrogen and oxygen atoms in total. The number of benzene rings is 1. The smallest absolute Gasteiger partial charge is 0.255 e. The lowest BCUT2D eigenvalue weighted by Crippen LogP contribution is -2.63. The first-order chi connectivity index (χ1) is 17.8. The third kappa shape index (κ3) is 3.63. The number of carbonyl (C=O) groups excluding carboxylic acids is 3. The number of nitrogens with two attached hydrogens (primary N) is 1. The Kier molecular flexibility index (Phi) is 6.08. The molecule has 0 aromatic heterocycles. The predicted molar refractivity (Wildman–Crippen MR) is 138 cm³/mol. The van der Waals surface area contributed by atoms with Gasteiger partial charge in [0, 0.05) is 43.9 Å². The molecule has 7 N–H and O–H groups in total. The fourth-order valence-electron chi connectivity index (χ4n) is 6.61. The fraction of sp³-hybridized carbons (Fsp3) is 0.519. The van der Waals surface area contributed by atoms with Crippen LogP contribution in [-0.4, -0.2) is 88.7 Å². The standard InChI is InChI=1S/C27H34N4O7/c1-30(2)20-12(10-29-13-5-6-13)9-16(32)18-14(20)7-11-8-15-21(31(3)4)23(34)19(26(28)37)25(36)27(15,38)24(35)17(11)22(18)33/h9,11,13,15,21,29,32,34-35,38H,5-8,10H2,1-4H3,(H2,28,37)/t11-,15-,21-,27-/m0/s1. The van der Waals surface area contributed by atoms with Crippen molar-refractivity contribution in [1.29, 1.82) is 0 Å². The van der Waals surface area contributed by atoms with Crippen molar-refractivity contribution in [2.24, 2.45) is 17.6 Å². The first-order valence-electron chi connectivity index (χ1n) is 12.7. The van der Waals surface area contributed by atoms with E-state index in [9.17, 15) is 34.8 Å². The second-order valence-electron chi connectivity index (χ2n) is 11.3. The van der Waals surface area contributed by atoms with Crippen LogP contribution in [0.25, 0.3) is 0 Å². The average molecular weight is 527 g/mol. The van der Waals surface area contributed by atoms with Crippen LogP contribution >= 0.6 is 0 Å². The third-order valence-electron chi connectivity index (χ3n) is 8.38. The van der Waals surface area contributed by atoms with Gasteiger partial charge in [0.25, 0.3) is 5.91 Å². The van der Waals surface area contributed by atoms with Gasteiger partial charge < -0.3 is 36.4 Å². The first-order valence-corrected chi connectivity index (χ1v) is 12.7. The van der Waals surface area contributed by atoms with E-state index in [-0.39, 0.29) is 29.7 Å². The molecule has 11 heteroatoms. The van der Waals surface area contributed by atoms with Gasteiger partial charge in [0.1, 0.15) is 22.8 Å². The molecule has 0 radical (unpaired) electrons. The number of nitrogens with zero attached hydrogens (tertiary/aromatic N) is 2. The highest BCUT2D eigenvalue weighted by Crippen LogP contribution is 2.53. The molecule has 1 fully saturated rings. The highest BCUT2D eigenvalue weighted by Gasteiger charge is 2.63. The summed E-state index contributed by atoms with van der Waals surface area (Å²) in [5.74, 6) is -6.51. The summed E-state index contributed by atoms with van der Waals surface area (Å²) >= 11 is 0. The third-order valence-corrected chi connectivity index (χ3v) is 8.38. The minimum Gasteiger partial charge on any atom is -0.510 e. The minimum atomic E-state index is -2.64. The number of nitrogens with one attached hydrogen (secondary N) is 1. The molecule has 204 valence electrons. The van der Waals surface area contributed by atoms with Crippen molar-refractivity contribution in [3.05, 3.63) is 45.4 Å². The molecule has 0 saturated heterocycles. The number of aliphatic hydroxyl groups is 3. The molecule has 4 aliphatic rings. The van der Waals surface area contributed by atoms with Gasteiger partial charge in [-0.1, -0.05) is 0 Å². The summed E-state index contributed by atoms with van der Waals surface area (Å²) < 4.78 is 0. The highest BCUT2D eigenvalue weighted by atomic mass is 16.3. The van der Waals surface area contributed by atoms with Gasteiger partial charge in [-0.2, -0.15) is 0 Å². The van der Waals surface area contributed by atoms with Gasteiger partial charge in [0.2, 0.25) is 5.78 Å². The fourth-order valence-corrected chi connectivity index (χ4v) is 6.61. The van der Waals surface area contributed by atoms with Crippen LogP contribution in [0.5, 0.6) is 5.75 Å². The summed E-state index contributed by atoms with van der Waals surface area (Å²) in [4.78, 5) is 42.8. The molecule has 1 aromatic carbocycles. The van der Waals surface area contributed by atoms with E-state index in [1.54, 1.807) is 20.2 Å². The van der Waals surface area contributed by atoms with E-state index in [0.29, 0.717) is 18.2 Å². The molecule has 1 aromatic rings. The number of anilines is 1. The van der Waals surface area contributed by atoms with Crippen molar-refractivity contribution >= 4 is 23.2 Å². The summed E-state index contributed by atoms with van der Waals surface area (Å²) in [7, 11) is 6.93. The molecular weight excluding hydrogens is 492 g/mol. The van der Waals surface area contributed by atoms with Crippen LogP contribution in [0.2, 0.25) is 0 Å². The largest absolute Gasteiger partial charge is 0.510 e. The quantitative estimate of drug-likeness (QED) is 0.285. The summed E-state index contributed by atoms with van der Waals surface area (Å²) in [6, 6.07) is 0.959. The van der Waals surface area contributed by atoms with E-state index in [0.717, 1.165) is 24.1 Å². The number of Topliss-reactive ketones (excluding diaryl/α,β-unsaturated/α-hetero) is 2. The molecular formula is C27H34N4O7. The van der Waals surface area contributed by atoms with Crippen molar-refractivity contribution in [3.8, 4) is 5.75 Å². The number of phenolic OH excluding ortho intramolecular Hbond substituents is 1. The number of likely N-dealkylation sites (N-methyl/N-ethyl adjacent to an activating group) is 1. The number of allylic oxidation sites excluding steroid dienone is 1. The van der Waals surface area contributed by atoms with Gasteiger partial charge in [-0.3, -0.25) is 19.3 Å². The highest BCUT2D eigenvalue weighted by molar-refractivity contribution is 6.24. The van der Waals surface area contributed by atoms with Crippen LogP contribution in [0, 0.1) is 11.8 Å². The van der Waals surface area contributed by atoms with Gasteiger partial charge in [-0.25, -0.2) is 0 Å². The number of fused-ring (bicyclic) bond motifs is 3. The van der Waals surface area contributed by atoms with E-state index in [2.05, 4.69) is 5.32 Å². The zero-order chi connectivity index (χ0) is 27.8. The number of aliphatic hydroxyl groups excluding tert-OH is 2. The van der Waals surface area contributed by atoms with Crippen LogP contribution in [0.4, 0.5) is 5.69 Å². The van der Waals surface area contributed by atoms with Gasteiger partial charge in [0.05, 0.1) is 11.6 Å². The van der Waals surface area contributed by atoms with E-state index in [1.807, 2.05) is 19.0 Å². The molecule has 38 heavy (non-hydrogen) atoms. The zero-order valence-electron chi connectivity index (χ0n) is 21.9. The van der Waals surface area contributed by atoms with Gasteiger partial charge in [-0.05, 0) is 62.9 Å². The maximum atomic E-state index is 13.9. The molecule has 0 aliphatic heterocycles. The van der Waals surface area contributed by atoms with Crippen molar-refractivity contribution in [3.63, 3.8) is 0 Å². The van der Waals surface area contributed by atoms with Crippen molar-refractivity contribution in [2.75, 3.05) is 33.1 Å². The molecule has 0 unspecified atom stereocenters. The van der Waals surface area contributed by atoms with Crippen molar-refractivity contribution in [1.82, 2.24) is 10.2 Å². The predicted octanol–water partition coefficient (Wildman–Crippen LogP) is 0.439. The summed E-state index contributed by atoms with van der Waals surface area (Å²) in [5.41, 5.74) is 4.03. The number of carbonyl (C=O) groups is 3. The number of amides is 1. The first kappa shape index (κ1) is 26.2. The molecule has 4 aliphatic carbocycles. The lowest BCUT2D eigenvalue weighted by atomic mass is 9.58. The van der Waals surface area contributed by atoms with E-state index in [1.165, 1.54) is 4.90 Å². The lowest BCUT2D eigenvalue weighted by Gasteiger charge is -2.50. The van der Waals surface area contributed by atoms with Crippen molar-refractivity contribution < 1.29 is 34.8 Å². The maximum Gasteiger partial charge on any atom is 0.255 e. The Morgan fingerprint density at radius 2 is 1.82 bits per heavy atom. The van der Waals surface area contributed by atoms with Crippen LogP contribution in [-0.2, 0) is 22.6 Å². The molecule has 1 saturated carbocycles. The topological polar surface area (TPSA) is 177 Å². The minimum absolute atomic E-state index is 0.0182. The second-order valence-corrected chi connectivity index (χ2v) is 11.3. The average Bonchev–Trinajstić information content (AvgIpc) is 3.63. The number of ketones is 2. The molecule has 0 spiro atoms. The van der Waals surface area contributed by atoms with E-state index < -0.39 is 58.0 Å². The van der Waals surface area contributed by atoms with Gasteiger partial charge in [0.15, 0.2) is 11.4 Å². The molecule has 4 atom stereocenters. The number of hydrogen-bond donors (Lipinski definition) is 6. The molecule has 0 bridgehead atoms. The summed E-state index contributed by atoms with van der Waals surface area (Å²) in [5, 5.41) is 48.4. The zero-order valence-corrected chi connectivity index (χ0v) is 21.9. The van der Waals surface area contributed by atoms with Crippen LogP contribution in [0.15, 0.2) is 28.7 Å². The number of aromatic hydroxyl groups is 1. The van der Waals surface area contributed by atoms with Gasteiger partial charge in [-0.15, -0.1) is 0 Å². The van der Waals surface area contributed by atoms with Crippen LogP contribution in [0.3, 0.4) is 0 Å². The number of primary amides is 1. The van der Waals surface area contributed by atoms with E-state index >= 15 is 0 Å². The van der Waals surface area contributed by atoms with Gasteiger partial charge >= 0.3 is 0 Å². The normalized spacial score (nSPS) is 28.8. The lowest BCUT2D eigenvalue weighted by molar-refractivity contribution is -0.148. The molecule has 0 heterocycles. The second kappa shape index (κ2) is 8.82. The van der Waals surface area contributed by atoms with Crippen LogP contribution in [0.1, 0.15) is 40.7 Å². The number of rotatable bonds is 6. The molecule has 5 rings (SSSR count). The maximum absolute atomic E-state index is 13.9. The summed E-state index contributed by atoms with van der Waals surface area (Å²) in [6.45, 7) is 0.514.